The SMILES string of the molecule is NC[C@@H]1O[C@H](O[C@H]2[C@@H](O)[C@H](O[C@@H]3[C@@H](O)[C@H](NC(=O)CCO)C[C@H](N)[C@H]3O[C@H]3O[C@H](CN)[C@@H](O)[C@H](O)[C@H]3N)O[C@@H]2CO)[C@H](N)[C@@H](O)[C@@H]1O. The van der Waals surface area contributed by atoms with Crippen LogP contribution in [0.15, 0.2) is 0 Å². The molecule has 0 aromatic heterocycles. The van der Waals surface area contributed by atoms with E-state index in [9.17, 15) is 40.5 Å². The van der Waals surface area contributed by atoms with Gasteiger partial charge in [-0.1, -0.05) is 0 Å². The van der Waals surface area contributed by atoms with E-state index in [1.165, 1.54) is 0 Å². The standard InChI is InChI=1S/C26H50N6O15/c27-4-9-16(37)18(39)13(30)24(42-9)45-21-7(29)3-8(32-12(35)1-2-33)15(36)23(21)47-26-20(41)22(11(6-34)44-26)46-25-14(31)19(40)17(38)10(5-28)43-25/h7-11,13-26,33-34,36-41H,1-6,27-31H2,(H,32,35)/t7-,8+,9+,10-,11+,13+,14+,15-,16+,17+,18+,19+,20+,21+,22+,23+,24+,25+,26-/m0/s1. The van der Waals surface area contributed by atoms with Crippen molar-refractivity contribution in [3.63, 3.8) is 0 Å². The van der Waals surface area contributed by atoms with Crippen LogP contribution in [0.5, 0.6) is 0 Å². The fraction of sp³-hybridized carbons (Fsp3) is 0.962. The molecule has 0 aromatic carbocycles. The van der Waals surface area contributed by atoms with Crippen LogP contribution >= 0.6 is 0 Å². The van der Waals surface area contributed by atoms with E-state index in [1.807, 2.05) is 0 Å². The van der Waals surface area contributed by atoms with Crippen LogP contribution in [0.2, 0.25) is 0 Å². The number of aliphatic hydroxyl groups excluding tert-OH is 8. The minimum Gasteiger partial charge on any atom is -0.396 e. The highest BCUT2D eigenvalue weighted by Gasteiger charge is 2.54. The molecule has 1 amide bonds. The Morgan fingerprint density at radius 3 is 1.64 bits per heavy atom. The highest BCUT2D eigenvalue weighted by molar-refractivity contribution is 5.76. The van der Waals surface area contributed by atoms with Gasteiger partial charge in [0.25, 0.3) is 0 Å². The summed E-state index contributed by atoms with van der Waals surface area (Å²) >= 11 is 0. The second-order valence-corrected chi connectivity index (χ2v) is 12.2. The van der Waals surface area contributed by atoms with Crippen LogP contribution in [0.25, 0.3) is 0 Å². The third-order valence-electron chi connectivity index (χ3n) is 9.01. The lowest BCUT2D eigenvalue weighted by Crippen LogP contribution is -2.68. The molecule has 0 radical (unpaired) electrons. The molecule has 19 N–H and O–H groups in total. The van der Waals surface area contributed by atoms with E-state index < -0.39 is 135 Å². The van der Waals surface area contributed by atoms with Gasteiger partial charge in [0.2, 0.25) is 5.91 Å². The average Bonchev–Trinajstić information content (AvgIpc) is 3.34. The van der Waals surface area contributed by atoms with Crippen LogP contribution in [0.3, 0.4) is 0 Å². The molecule has 19 atom stereocenters. The second-order valence-electron chi connectivity index (χ2n) is 12.2. The van der Waals surface area contributed by atoms with Gasteiger partial charge in [0, 0.05) is 25.6 Å². The summed E-state index contributed by atoms with van der Waals surface area (Å²) in [6, 6.07) is -4.62. The van der Waals surface area contributed by atoms with Gasteiger partial charge in [0.1, 0.15) is 73.2 Å². The summed E-state index contributed by atoms with van der Waals surface area (Å²) < 4.78 is 34.9. The third-order valence-corrected chi connectivity index (χ3v) is 9.01. The fourth-order valence-electron chi connectivity index (χ4n) is 6.23. The Morgan fingerprint density at radius 1 is 0.660 bits per heavy atom. The second kappa shape index (κ2) is 16.6. The first-order valence-corrected chi connectivity index (χ1v) is 15.5. The number of carbonyl (C=O) groups excluding carboxylic acids is 1. The van der Waals surface area contributed by atoms with Gasteiger partial charge < -0.3 is 103 Å². The van der Waals surface area contributed by atoms with Gasteiger partial charge >= 0.3 is 0 Å². The Bertz CT molecular complexity index is 1010. The summed E-state index contributed by atoms with van der Waals surface area (Å²) in [5.74, 6) is -0.597. The number of hydrogen-bond acceptors (Lipinski definition) is 20. The van der Waals surface area contributed by atoms with E-state index in [4.69, 9.17) is 62.2 Å². The first-order chi connectivity index (χ1) is 22.3. The minimum absolute atomic E-state index is 0.0667. The summed E-state index contributed by atoms with van der Waals surface area (Å²) in [5.41, 5.74) is 29.8. The zero-order chi connectivity index (χ0) is 34.7. The van der Waals surface area contributed by atoms with E-state index in [2.05, 4.69) is 5.32 Å². The lowest BCUT2D eigenvalue weighted by molar-refractivity contribution is -0.307. The largest absolute Gasteiger partial charge is 0.396 e. The monoisotopic (exact) mass is 686 g/mol. The van der Waals surface area contributed by atoms with Gasteiger partial charge in [-0.05, 0) is 6.42 Å². The average molecular weight is 687 g/mol. The summed E-state index contributed by atoms with van der Waals surface area (Å²) in [5, 5.41) is 85.7. The topological polar surface area (TPSA) is 376 Å². The van der Waals surface area contributed by atoms with Crippen molar-refractivity contribution in [1.29, 1.82) is 0 Å². The fourth-order valence-corrected chi connectivity index (χ4v) is 6.23. The van der Waals surface area contributed by atoms with Crippen LogP contribution in [0.1, 0.15) is 12.8 Å². The summed E-state index contributed by atoms with van der Waals surface area (Å²) in [7, 11) is 0. The number of nitrogens with one attached hydrogen (secondary N) is 1. The molecule has 47 heavy (non-hydrogen) atoms. The predicted molar refractivity (Wildman–Crippen MR) is 154 cm³/mol. The van der Waals surface area contributed by atoms with Gasteiger partial charge in [0.15, 0.2) is 18.9 Å². The van der Waals surface area contributed by atoms with Crippen LogP contribution in [0.4, 0.5) is 0 Å². The van der Waals surface area contributed by atoms with E-state index in [-0.39, 0.29) is 25.9 Å². The van der Waals surface area contributed by atoms with Crippen molar-refractivity contribution >= 4 is 5.91 Å². The first kappa shape index (κ1) is 38.5. The molecule has 4 aliphatic rings. The smallest absolute Gasteiger partial charge is 0.222 e. The Hall–Kier alpha value is -1.29. The van der Waals surface area contributed by atoms with Gasteiger partial charge in [-0.3, -0.25) is 4.79 Å². The molecular weight excluding hydrogens is 636 g/mol. The molecule has 274 valence electrons. The van der Waals surface area contributed by atoms with E-state index in [0.29, 0.717) is 0 Å². The van der Waals surface area contributed by atoms with Gasteiger partial charge in [0.05, 0.1) is 31.3 Å². The van der Waals surface area contributed by atoms with Crippen molar-refractivity contribution < 1.29 is 74.1 Å². The minimum atomic E-state index is -1.69. The molecule has 3 heterocycles. The maximum absolute atomic E-state index is 12.3. The zero-order valence-electron chi connectivity index (χ0n) is 25.5. The zero-order valence-corrected chi connectivity index (χ0v) is 25.5. The quantitative estimate of drug-likeness (QED) is 0.0905. The van der Waals surface area contributed by atoms with Crippen molar-refractivity contribution in [3.05, 3.63) is 0 Å². The number of amides is 1. The van der Waals surface area contributed by atoms with Gasteiger partial charge in [-0.15, -0.1) is 0 Å². The normalized spacial score (nSPS) is 49.2. The molecule has 4 rings (SSSR count). The summed E-state index contributed by atoms with van der Waals surface area (Å²) in [6.45, 7) is -1.56. The van der Waals surface area contributed by atoms with Crippen molar-refractivity contribution in [2.45, 2.75) is 129 Å². The molecule has 4 fully saturated rings. The molecule has 0 spiro atoms. The molecular formula is C26H50N6O15. The lowest BCUT2D eigenvalue weighted by atomic mass is 9.83. The molecule has 1 aliphatic carbocycles. The summed E-state index contributed by atoms with van der Waals surface area (Å²) in [4.78, 5) is 12.3. The highest BCUT2D eigenvalue weighted by Crippen LogP contribution is 2.34. The first-order valence-electron chi connectivity index (χ1n) is 15.5. The van der Waals surface area contributed by atoms with E-state index in [1.54, 1.807) is 0 Å². The van der Waals surface area contributed by atoms with Crippen molar-refractivity contribution in [2.24, 2.45) is 28.7 Å². The third kappa shape index (κ3) is 8.20. The number of ether oxygens (including phenoxy) is 6. The maximum atomic E-state index is 12.3. The Labute approximate surface area is 269 Å². The van der Waals surface area contributed by atoms with Crippen LogP contribution in [0, 0.1) is 0 Å². The van der Waals surface area contributed by atoms with Crippen LogP contribution in [-0.4, -0.2) is 189 Å². The molecule has 21 heteroatoms. The number of nitrogens with two attached hydrogens (primary N) is 5. The van der Waals surface area contributed by atoms with E-state index in [0.717, 1.165) is 0 Å². The molecule has 1 saturated carbocycles. The number of hydrogen-bond donors (Lipinski definition) is 14. The molecule has 0 bridgehead atoms. The Balaban J connectivity index is 1.56. The van der Waals surface area contributed by atoms with Gasteiger partial charge in [-0.25, -0.2) is 0 Å². The molecule has 21 nitrogen and oxygen atoms in total. The number of rotatable bonds is 12. The predicted octanol–water partition coefficient (Wildman–Crippen LogP) is -9.36. The van der Waals surface area contributed by atoms with Crippen molar-refractivity contribution in [3.8, 4) is 0 Å². The number of carbonyl (C=O) groups is 1. The lowest BCUT2D eigenvalue weighted by Gasteiger charge is -2.48. The highest BCUT2D eigenvalue weighted by atomic mass is 16.8. The van der Waals surface area contributed by atoms with Crippen LogP contribution in [-0.2, 0) is 33.2 Å². The molecule has 0 aromatic rings. The van der Waals surface area contributed by atoms with E-state index >= 15 is 0 Å². The summed E-state index contributed by atoms with van der Waals surface area (Å²) in [6.07, 6.45) is -21.4. The van der Waals surface area contributed by atoms with Gasteiger partial charge in [-0.2, -0.15) is 0 Å². The molecule has 0 unspecified atom stereocenters. The molecule has 3 aliphatic heterocycles. The van der Waals surface area contributed by atoms with Crippen molar-refractivity contribution in [2.75, 3.05) is 26.3 Å². The maximum Gasteiger partial charge on any atom is 0.222 e. The van der Waals surface area contributed by atoms with Crippen LogP contribution < -0.4 is 34.0 Å². The van der Waals surface area contributed by atoms with Crippen molar-refractivity contribution in [1.82, 2.24) is 5.32 Å². The number of aliphatic hydroxyl groups is 8. The molecule has 3 saturated heterocycles. The Kier molecular flexibility index (Phi) is 13.6. The Morgan fingerprint density at radius 2 is 1.15 bits per heavy atom.